The van der Waals surface area contributed by atoms with Crippen LogP contribution in [-0.4, -0.2) is 48.1 Å². The number of aliphatic carboxylic acids is 1. The van der Waals surface area contributed by atoms with Crippen molar-refractivity contribution in [2.45, 2.75) is 44.9 Å². The molecule has 2 aliphatic carbocycles. The van der Waals surface area contributed by atoms with E-state index < -0.39 is 11.4 Å². The molecule has 1 unspecified atom stereocenters. The normalized spacial score (nSPS) is 43.9. The topological polar surface area (TPSA) is 69.6 Å². The van der Waals surface area contributed by atoms with E-state index in [-0.39, 0.29) is 17.2 Å². The Morgan fingerprint density at radius 1 is 1.05 bits per heavy atom. The third-order valence-corrected chi connectivity index (χ3v) is 7.05. The van der Waals surface area contributed by atoms with Gasteiger partial charge in [0, 0.05) is 19.6 Å². The molecule has 4 atom stereocenters. The van der Waals surface area contributed by atoms with Gasteiger partial charge in [-0.3, -0.25) is 9.59 Å². The fourth-order valence-electron chi connectivity index (χ4n) is 5.78. The molecule has 2 aliphatic heterocycles. The highest BCUT2D eigenvalue weighted by Crippen LogP contribution is 2.52. The van der Waals surface area contributed by atoms with Crippen molar-refractivity contribution in [1.29, 1.82) is 0 Å². The van der Waals surface area contributed by atoms with E-state index >= 15 is 0 Å². The summed E-state index contributed by atoms with van der Waals surface area (Å²) in [7, 11) is 0. The van der Waals surface area contributed by atoms with Gasteiger partial charge in [0.25, 0.3) is 0 Å². The van der Waals surface area contributed by atoms with Gasteiger partial charge in [0.2, 0.25) is 5.91 Å². The first-order valence-corrected chi connectivity index (χ1v) is 8.82. The lowest BCUT2D eigenvalue weighted by Crippen LogP contribution is -2.50. The number of carboxylic acid groups (broad SMARTS) is 1. The Morgan fingerprint density at radius 3 is 2.59 bits per heavy atom. The third-order valence-electron chi connectivity index (χ3n) is 7.05. The minimum atomic E-state index is -0.687. The van der Waals surface area contributed by atoms with Crippen molar-refractivity contribution in [3.63, 3.8) is 0 Å². The van der Waals surface area contributed by atoms with Crippen LogP contribution in [0.5, 0.6) is 0 Å². The lowest BCUT2D eigenvalue weighted by Gasteiger charge is -2.40. The zero-order valence-electron chi connectivity index (χ0n) is 13.1. The highest BCUT2D eigenvalue weighted by atomic mass is 16.4. The van der Waals surface area contributed by atoms with Gasteiger partial charge in [0.1, 0.15) is 0 Å². The molecule has 0 aromatic heterocycles. The van der Waals surface area contributed by atoms with E-state index in [4.69, 9.17) is 0 Å². The van der Waals surface area contributed by atoms with Gasteiger partial charge in [0.05, 0.1) is 10.8 Å². The molecule has 0 bridgehead atoms. The number of hydrogen-bond acceptors (Lipinski definition) is 3. The Hall–Kier alpha value is -1.10. The molecule has 2 N–H and O–H groups in total. The van der Waals surface area contributed by atoms with Crippen LogP contribution in [0.3, 0.4) is 0 Å². The molecule has 22 heavy (non-hydrogen) atoms. The standard InChI is InChI=1S/C17H26N2O3/c20-14(16-6-2-1-4-12(16)8-18-10-16)19-9-13-5-3-7-17(13,11-19)15(21)22/h12-13,18H,1-11H2,(H,21,22)/t12-,13-,16+,17?/m0/s1. The van der Waals surface area contributed by atoms with Crippen LogP contribution in [0.15, 0.2) is 0 Å². The number of rotatable bonds is 2. The van der Waals surface area contributed by atoms with Gasteiger partial charge < -0.3 is 15.3 Å². The van der Waals surface area contributed by atoms with Crippen molar-refractivity contribution in [2.75, 3.05) is 26.2 Å². The summed E-state index contributed by atoms with van der Waals surface area (Å²) < 4.78 is 0. The summed E-state index contributed by atoms with van der Waals surface area (Å²) in [5.74, 6) is 0.182. The van der Waals surface area contributed by atoms with E-state index in [0.717, 1.165) is 51.6 Å². The van der Waals surface area contributed by atoms with Crippen LogP contribution in [0.1, 0.15) is 44.9 Å². The first-order valence-electron chi connectivity index (χ1n) is 8.82. The average molecular weight is 306 g/mol. The van der Waals surface area contributed by atoms with Crippen LogP contribution in [0, 0.1) is 22.7 Å². The van der Waals surface area contributed by atoms with Gasteiger partial charge in [-0.1, -0.05) is 19.3 Å². The number of carboxylic acids is 1. The van der Waals surface area contributed by atoms with E-state index in [0.29, 0.717) is 19.0 Å². The Bertz CT molecular complexity index is 508. The summed E-state index contributed by atoms with van der Waals surface area (Å²) in [6, 6.07) is 0. The van der Waals surface area contributed by atoms with E-state index in [9.17, 15) is 14.7 Å². The minimum Gasteiger partial charge on any atom is -0.481 e. The van der Waals surface area contributed by atoms with Gasteiger partial charge in [-0.2, -0.15) is 0 Å². The third kappa shape index (κ3) is 1.81. The molecule has 2 saturated heterocycles. The van der Waals surface area contributed by atoms with Gasteiger partial charge in [-0.05, 0) is 44.1 Å². The van der Waals surface area contributed by atoms with E-state index in [1.165, 1.54) is 6.42 Å². The lowest BCUT2D eigenvalue weighted by molar-refractivity contribution is -0.150. The number of nitrogens with one attached hydrogen (secondary N) is 1. The van der Waals surface area contributed by atoms with Crippen LogP contribution in [0.2, 0.25) is 0 Å². The van der Waals surface area contributed by atoms with Crippen molar-refractivity contribution >= 4 is 11.9 Å². The molecule has 4 aliphatic rings. The zero-order chi connectivity index (χ0) is 15.4. The molecule has 1 amide bonds. The molecule has 4 fully saturated rings. The van der Waals surface area contributed by atoms with Crippen LogP contribution in [-0.2, 0) is 9.59 Å². The quantitative estimate of drug-likeness (QED) is 0.811. The Morgan fingerprint density at radius 2 is 1.82 bits per heavy atom. The maximum atomic E-state index is 13.3. The second-order valence-corrected chi connectivity index (χ2v) is 7.97. The van der Waals surface area contributed by atoms with Crippen molar-refractivity contribution in [3.05, 3.63) is 0 Å². The van der Waals surface area contributed by atoms with Crippen LogP contribution < -0.4 is 5.32 Å². The van der Waals surface area contributed by atoms with Crippen LogP contribution in [0.25, 0.3) is 0 Å². The highest BCUT2D eigenvalue weighted by molar-refractivity contribution is 5.86. The molecule has 122 valence electrons. The summed E-state index contributed by atoms with van der Waals surface area (Å²) in [6.45, 7) is 2.85. The van der Waals surface area contributed by atoms with Crippen LogP contribution in [0.4, 0.5) is 0 Å². The molecular weight excluding hydrogens is 280 g/mol. The number of carbonyl (C=O) groups excluding carboxylic acids is 1. The number of amides is 1. The van der Waals surface area contributed by atoms with Crippen molar-refractivity contribution in [1.82, 2.24) is 10.2 Å². The smallest absolute Gasteiger partial charge is 0.311 e. The second kappa shape index (κ2) is 4.95. The Labute approximate surface area is 131 Å². The minimum absolute atomic E-state index is 0.168. The Kier molecular flexibility index (Phi) is 3.26. The van der Waals surface area contributed by atoms with Crippen LogP contribution >= 0.6 is 0 Å². The van der Waals surface area contributed by atoms with Crippen molar-refractivity contribution in [3.8, 4) is 0 Å². The van der Waals surface area contributed by atoms with Gasteiger partial charge in [-0.15, -0.1) is 0 Å². The summed E-state index contributed by atoms with van der Waals surface area (Å²) in [6.07, 6.45) is 7.17. The predicted molar refractivity (Wildman–Crippen MR) is 81.3 cm³/mol. The lowest BCUT2D eigenvalue weighted by atomic mass is 9.67. The monoisotopic (exact) mass is 306 g/mol. The molecule has 2 saturated carbocycles. The SMILES string of the molecule is O=C(O)C12CCC[C@H]1CN(C(=O)[C@@]13CCCC[C@H]1CNC3)C2. The first kappa shape index (κ1) is 14.5. The number of hydrogen-bond donors (Lipinski definition) is 2. The van der Waals surface area contributed by atoms with E-state index in [1.54, 1.807) is 0 Å². The summed E-state index contributed by atoms with van der Waals surface area (Å²) in [5, 5.41) is 13.1. The fourth-order valence-corrected chi connectivity index (χ4v) is 5.78. The predicted octanol–water partition coefficient (Wildman–Crippen LogP) is 1.48. The molecule has 0 aromatic carbocycles. The number of nitrogens with zero attached hydrogens (tertiary/aromatic N) is 1. The van der Waals surface area contributed by atoms with E-state index in [1.807, 2.05) is 4.90 Å². The fraction of sp³-hybridized carbons (Fsp3) is 0.882. The summed E-state index contributed by atoms with van der Waals surface area (Å²) in [4.78, 5) is 27.0. The number of carbonyl (C=O) groups is 2. The van der Waals surface area contributed by atoms with Crippen molar-refractivity contribution in [2.24, 2.45) is 22.7 Å². The summed E-state index contributed by atoms with van der Waals surface area (Å²) in [5.41, 5.74) is -0.890. The maximum absolute atomic E-state index is 13.3. The molecule has 5 heteroatoms. The van der Waals surface area contributed by atoms with Gasteiger partial charge >= 0.3 is 5.97 Å². The number of likely N-dealkylation sites (tertiary alicyclic amines) is 1. The molecule has 2 heterocycles. The number of fused-ring (bicyclic) bond motifs is 2. The highest BCUT2D eigenvalue weighted by Gasteiger charge is 2.59. The molecule has 5 nitrogen and oxygen atoms in total. The largest absolute Gasteiger partial charge is 0.481 e. The molecule has 0 radical (unpaired) electrons. The van der Waals surface area contributed by atoms with Gasteiger partial charge in [-0.25, -0.2) is 0 Å². The maximum Gasteiger partial charge on any atom is 0.311 e. The van der Waals surface area contributed by atoms with Gasteiger partial charge in [0.15, 0.2) is 0 Å². The Balaban J connectivity index is 1.58. The molecule has 0 aromatic rings. The first-order chi connectivity index (χ1) is 10.6. The van der Waals surface area contributed by atoms with E-state index in [2.05, 4.69) is 5.32 Å². The second-order valence-electron chi connectivity index (χ2n) is 7.97. The molecule has 4 rings (SSSR count). The molecule has 0 spiro atoms. The average Bonchev–Trinajstić information content (AvgIpc) is 3.18. The molecular formula is C17H26N2O3. The zero-order valence-corrected chi connectivity index (χ0v) is 13.1. The van der Waals surface area contributed by atoms with Crippen molar-refractivity contribution < 1.29 is 14.7 Å². The summed E-state index contributed by atoms with van der Waals surface area (Å²) >= 11 is 0.